The van der Waals surface area contributed by atoms with Gasteiger partial charge >= 0.3 is 0 Å². The van der Waals surface area contributed by atoms with Gasteiger partial charge in [0.05, 0.1) is 37.5 Å². The van der Waals surface area contributed by atoms with E-state index in [2.05, 4.69) is 0 Å². The molecule has 1 amide bonds. The quantitative estimate of drug-likeness (QED) is 0.407. The molecule has 174 valence electrons. The summed E-state index contributed by atoms with van der Waals surface area (Å²) in [5.74, 6) is -0.668. The molecule has 0 aliphatic carbocycles. The molecule has 2 fully saturated rings. The van der Waals surface area contributed by atoms with Gasteiger partial charge in [-0.05, 0) is 49.9 Å². The lowest BCUT2D eigenvalue weighted by Crippen LogP contribution is -2.36. The third-order valence-corrected chi connectivity index (χ3v) is 6.28. The number of Topliss-reactive ketones (excluding diaryl/α,β-unsaturated/α-hetero) is 1. The number of carbonyl (C=O) groups excluding carboxylic acids is 2. The van der Waals surface area contributed by atoms with E-state index in [0.29, 0.717) is 29.2 Å². The van der Waals surface area contributed by atoms with Crippen LogP contribution >= 0.6 is 0 Å². The van der Waals surface area contributed by atoms with Crippen molar-refractivity contribution < 1.29 is 28.9 Å². The van der Waals surface area contributed by atoms with Gasteiger partial charge in [0.2, 0.25) is 0 Å². The van der Waals surface area contributed by atoms with Crippen LogP contribution in [0.25, 0.3) is 5.76 Å². The van der Waals surface area contributed by atoms with Gasteiger partial charge in [0, 0.05) is 18.7 Å². The molecule has 0 saturated carbocycles. The number of amides is 1. The Balaban J connectivity index is 1.93. The molecule has 0 aromatic heterocycles. The number of carbonyl (C=O) groups is 2. The summed E-state index contributed by atoms with van der Waals surface area (Å²) in [6.45, 7) is 4.66. The summed E-state index contributed by atoms with van der Waals surface area (Å²) < 4.78 is 16.9. The number of aryl methyl sites for hydroxylation is 2. The number of nitrogens with zero attached hydrogens (tertiary/aromatic N) is 1. The number of benzene rings is 2. The van der Waals surface area contributed by atoms with Crippen LogP contribution in [0.1, 0.15) is 41.1 Å². The lowest BCUT2D eigenvalue weighted by molar-refractivity contribution is -0.140. The van der Waals surface area contributed by atoms with Crippen LogP contribution in [0, 0.1) is 13.8 Å². The second-order valence-corrected chi connectivity index (χ2v) is 8.49. The molecule has 4 rings (SSSR count). The molecule has 2 aliphatic heterocycles. The summed E-state index contributed by atoms with van der Waals surface area (Å²) in [6, 6.07) is 10.1. The van der Waals surface area contributed by atoms with E-state index in [1.807, 2.05) is 38.1 Å². The summed E-state index contributed by atoms with van der Waals surface area (Å²) in [5.41, 5.74) is 2.75. The van der Waals surface area contributed by atoms with Crippen LogP contribution in [0.2, 0.25) is 0 Å². The molecule has 2 unspecified atom stereocenters. The first-order chi connectivity index (χ1) is 15.9. The molecule has 0 spiro atoms. The zero-order chi connectivity index (χ0) is 23.7. The van der Waals surface area contributed by atoms with Crippen LogP contribution in [-0.4, -0.2) is 55.2 Å². The predicted octanol–water partition coefficient (Wildman–Crippen LogP) is 3.92. The monoisotopic (exact) mass is 451 g/mol. The smallest absolute Gasteiger partial charge is 0.295 e. The van der Waals surface area contributed by atoms with Gasteiger partial charge in [-0.3, -0.25) is 9.59 Å². The van der Waals surface area contributed by atoms with Crippen molar-refractivity contribution in [1.29, 1.82) is 0 Å². The minimum absolute atomic E-state index is 0.0193. The number of likely N-dealkylation sites (tertiary alicyclic amines) is 1. The summed E-state index contributed by atoms with van der Waals surface area (Å²) in [7, 11) is 3.06. The molecule has 7 heteroatoms. The molecule has 2 heterocycles. The van der Waals surface area contributed by atoms with Crippen molar-refractivity contribution in [3.8, 4) is 11.5 Å². The fourth-order valence-corrected chi connectivity index (χ4v) is 4.84. The summed E-state index contributed by atoms with van der Waals surface area (Å²) in [5, 5.41) is 11.5. The van der Waals surface area contributed by atoms with Crippen LogP contribution in [0.4, 0.5) is 0 Å². The lowest BCUT2D eigenvalue weighted by atomic mass is 9.93. The first-order valence-corrected chi connectivity index (χ1v) is 11.1. The molecule has 2 atom stereocenters. The van der Waals surface area contributed by atoms with E-state index in [1.54, 1.807) is 12.1 Å². The van der Waals surface area contributed by atoms with Crippen LogP contribution in [-0.2, 0) is 14.3 Å². The fraction of sp³-hybridized carbons (Fsp3) is 0.385. The highest BCUT2D eigenvalue weighted by molar-refractivity contribution is 6.46. The fourth-order valence-electron chi connectivity index (χ4n) is 4.84. The molecule has 7 nitrogen and oxygen atoms in total. The predicted molar refractivity (Wildman–Crippen MR) is 123 cm³/mol. The van der Waals surface area contributed by atoms with Gasteiger partial charge in [-0.15, -0.1) is 0 Å². The number of aliphatic hydroxyl groups is 1. The Kier molecular flexibility index (Phi) is 6.42. The minimum Gasteiger partial charge on any atom is -0.507 e. The maximum absolute atomic E-state index is 13.3. The van der Waals surface area contributed by atoms with Crippen LogP contribution in [0.5, 0.6) is 11.5 Å². The Morgan fingerprint density at radius 2 is 1.91 bits per heavy atom. The van der Waals surface area contributed by atoms with Crippen molar-refractivity contribution in [3.05, 3.63) is 64.2 Å². The molecule has 2 aromatic rings. The van der Waals surface area contributed by atoms with E-state index in [9.17, 15) is 14.7 Å². The number of rotatable bonds is 6. The summed E-state index contributed by atoms with van der Waals surface area (Å²) in [4.78, 5) is 28.0. The molecule has 0 bridgehead atoms. The van der Waals surface area contributed by atoms with Crippen molar-refractivity contribution >= 4 is 17.4 Å². The molecule has 33 heavy (non-hydrogen) atoms. The van der Waals surface area contributed by atoms with E-state index in [1.165, 1.54) is 19.1 Å². The third kappa shape index (κ3) is 4.09. The molecular formula is C26H29NO6. The van der Waals surface area contributed by atoms with Crippen molar-refractivity contribution in [3.63, 3.8) is 0 Å². The van der Waals surface area contributed by atoms with Gasteiger partial charge in [0.15, 0.2) is 0 Å². The maximum Gasteiger partial charge on any atom is 0.295 e. The largest absolute Gasteiger partial charge is 0.507 e. The van der Waals surface area contributed by atoms with Crippen molar-refractivity contribution in [2.75, 3.05) is 27.4 Å². The molecule has 2 aliphatic rings. The van der Waals surface area contributed by atoms with E-state index in [-0.39, 0.29) is 24.0 Å². The first-order valence-electron chi connectivity index (χ1n) is 11.1. The van der Waals surface area contributed by atoms with Crippen molar-refractivity contribution in [2.24, 2.45) is 0 Å². The minimum atomic E-state index is -0.809. The highest BCUT2D eigenvalue weighted by Gasteiger charge is 2.48. The Labute approximate surface area is 193 Å². The average Bonchev–Trinajstić information content (AvgIpc) is 3.40. The number of hydrogen-bond donors (Lipinski definition) is 1. The van der Waals surface area contributed by atoms with Gasteiger partial charge < -0.3 is 24.2 Å². The Morgan fingerprint density at radius 1 is 1.15 bits per heavy atom. The third-order valence-electron chi connectivity index (χ3n) is 6.28. The zero-order valence-electron chi connectivity index (χ0n) is 19.4. The Morgan fingerprint density at radius 3 is 2.58 bits per heavy atom. The van der Waals surface area contributed by atoms with Gasteiger partial charge in [0.1, 0.15) is 17.3 Å². The second-order valence-electron chi connectivity index (χ2n) is 8.49. The van der Waals surface area contributed by atoms with Gasteiger partial charge in [-0.2, -0.15) is 0 Å². The van der Waals surface area contributed by atoms with Crippen LogP contribution < -0.4 is 9.47 Å². The number of aliphatic hydroxyl groups excluding tert-OH is 1. The lowest BCUT2D eigenvalue weighted by Gasteiger charge is -2.28. The molecule has 0 radical (unpaired) electrons. The number of ketones is 1. The van der Waals surface area contributed by atoms with E-state index < -0.39 is 17.7 Å². The van der Waals surface area contributed by atoms with Gasteiger partial charge in [-0.1, -0.05) is 24.3 Å². The zero-order valence-corrected chi connectivity index (χ0v) is 19.4. The second kappa shape index (κ2) is 9.27. The van der Waals surface area contributed by atoms with Gasteiger partial charge in [-0.25, -0.2) is 0 Å². The van der Waals surface area contributed by atoms with Crippen LogP contribution in [0.3, 0.4) is 0 Å². The number of hydrogen-bond acceptors (Lipinski definition) is 6. The molecule has 1 N–H and O–H groups in total. The number of methoxy groups -OCH3 is 2. The SMILES string of the molecule is COc1ccccc1C1/C(=C(\O)c2cc(C)cc(C)c2OC)C(=O)C(=O)N1CC1CCCO1. The highest BCUT2D eigenvalue weighted by Crippen LogP contribution is 2.44. The number of ether oxygens (including phenoxy) is 3. The molecule has 2 aromatic carbocycles. The van der Waals surface area contributed by atoms with Crippen LogP contribution in [0.15, 0.2) is 42.0 Å². The van der Waals surface area contributed by atoms with E-state index in [0.717, 1.165) is 24.0 Å². The van der Waals surface area contributed by atoms with Gasteiger partial charge in [0.25, 0.3) is 11.7 Å². The normalized spacial score (nSPS) is 22.1. The Bertz CT molecular complexity index is 1120. The summed E-state index contributed by atoms with van der Waals surface area (Å²) >= 11 is 0. The van der Waals surface area contributed by atoms with Crippen molar-refractivity contribution in [1.82, 2.24) is 4.90 Å². The molecular weight excluding hydrogens is 422 g/mol. The maximum atomic E-state index is 13.3. The average molecular weight is 452 g/mol. The number of para-hydroxylation sites is 1. The first kappa shape index (κ1) is 22.9. The molecule has 2 saturated heterocycles. The highest BCUT2D eigenvalue weighted by atomic mass is 16.5. The standard InChI is InChI=1S/C26H29NO6/c1-15-12-16(2)25(32-4)19(13-15)23(28)21-22(18-9-5-6-10-20(18)31-3)27(26(30)24(21)29)14-17-8-7-11-33-17/h5-6,9-10,12-13,17,22,28H,7-8,11,14H2,1-4H3/b23-21+. The van der Waals surface area contributed by atoms with Crippen molar-refractivity contribution in [2.45, 2.75) is 38.8 Å². The topological polar surface area (TPSA) is 85.3 Å². The van der Waals surface area contributed by atoms with E-state index in [4.69, 9.17) is 14.2 Å². The Hall–Kier alpha value is -3.32. The van der Waals surface area contributed by atoms with E-state index >= 15 is 0 Å². The summed E-state index contributed by atoms with van der Waals surface area (Å²) in [6.07, 6.45) is 1.57.